The lowest BCUT2D eigenvalue weighted by molar-refractivity contribution is -0.159. The number of rotatable bonds is 7. The molecule has 0 fully saturated rings. The van der Waals surface area contributed by atoms with Crippen molar-refractivity contribution in [2.24, 2.45) is 0 Å². The van der Waals surface area contributed by atoms with Crippen molar-refractivity contribution in [1.82, 2.24) is 4.90 Å². The highest BCUT2D eigenvalue weighted by Crippen LogP contribution is 2.08. The van der Waals surface area contributed by atoms with Crippen molar-refractivity contribution in [1.29, 1.82) is 0 Å². The Hall–Kier alpha value is -2.37. The fraction of sp³-hybridized carbons (Fsp3) is 0.500. The number of esters is 2. The summed E-state index contributed by atoms with van der Waals surface area (Å²) in [5.74, 6) is -1.22. The van der Waals surface area contributed by atoms with Gasteiger partial charge in [0.1, 0.15) is 18.8 Å². The van der Waals surface area contributed by atoms with Crippen LogP contribution in [0.3, 0.4) is 0 Å². The lowest BCUT2D eigenvalue weighted by Crippen LogP contribution is -2.38. The highest BCUT2D eigenvalue weighted by Gasteiger charge is 2.21. The lowest BCUT2D eigenvalue weighted by atomic mass is 10.2. The summed E-state index contributed by atoms with van der Waals surface area (Å²) in [7, 11) is 0. The van der Waals surface area contributed by atoms with E-state index < -0.39 is 17.5 Å². The summed E-state index contributed by atoms with van der Waals surface area (Å²) in [5, 5.41) is 0. The first-order chi connectivity index (χ1) is 11.2. The largest absolute Gasteiger partial charge is 0.461 e. The number of amides is 1. The number of carbonyl (C=O) groups is 3. The molecule has 132 valence electrons. The van der Waals surface area contributed by atoms with Crippen LogP contribution in [0.4, 0.5) is 0 Å². The van der Waals surface area contributed by atoms with E-state index in [4.69, 9.17) is 9.47 Å². The molecule has 0 spiro atoms. The van der Waals surface area contributed by atoms with Crippen molar-refractivity contribution in [3.8, 4) is 0 Å². The Labute approximate surface area is 142 Å². The highest BCUT2D eigenvalue weighted by atomic mass is 16.6. The summed E-state index contributed by atoms with van der Waals surface area (Å²) in [4.78, 5) is 36.5. The van der Waals surface area contributed by atoms with Crippen molar-refractivity contribution < 1.29 is 23.9 Å². The molecular weight excluding hydrogens is 310 g/mol. The highest BCUT2D eigenvalue weighted by molar-refractivity contribution is 5.81. The molecule has 0 aliphatic carbocycles. The van der Waals surface area contributed by atoms with E-state index in [9.17, 15) is 14.4 Å². The minimum Gasteiger partial charge on any atom is -0.461 e. The number of ether oxygens (including phenoxy) is 2. The summed E-state index contributed by atoms with van der Waals surface area (Å²) in [6.45, 7) is 6.73. The predicted molar refractivity (Wildman–Crippen MR) is 89.0 cm³/mol. The van der Waals surface area contributed by atoms with Crippen LogP contribution in [-0.2, 0) is 30.5 Å². The third-order valence-electron chi connectivity index (χ3n) is 3.01. The van der Waals surface area contributed by atoms with Crippen LogP contribution in [0, 0.1) is 0 Å². The predicted octanol–water partition coefficient (Wildman–Crippen LogP) is 2.31. The lowest BCUT2D eigenvalue weighted by Gasteiger charge is -2.24. The molecule has 6 nitrogen and oxygen atoms in total. The van der Waals surface area contributed by atoms with Crippen LogP contribution in [-0.4, -0.2) is 41.4 Å². The molecule has 0 aliphatic rings. The van der Waals surface area contributed by atoms with Crippen LogP contribution in [0.2, 0.25) is 0 Å². The molecule has 0 radical (unpaired) electrons. The molecule has 1 aromatic carbocycles. The molecule has 0 N–H and O–H groups in total. The van der Waals surface area contributed by atoms with Gasteiger partial charge in [0.15, 0.2) is 0 Å². The normalized spacial score (nSPS) is 10.8. The zero-order chi connectivity index (χ0) is 18.2. The third kappa shape index (κ3) is 8.31. The van der Waals surface area contributed by atoms with Gasteiger partial charge in [-0.1, -0.05) is 30.3 Å². The van der Waals surface area contributed by atoms with Gasteiger partial charge < -0.3 is 14.4 Å². The van der Waals surface area contributed by atoms with Crippen LogP contribution in [0.15, 0.2) is 30.3 Å². The van der Waals surface area contributed by atoms with Gasteiger partial charge in [-0.3, -0.25) is 14.4 Å². The van der Waals surface area contributed by atoms with Gasteiger partial charge in [0, 0.05) is 13.5 Å². The molecule has 0 saturated carbocycles. The Kier molecular flexibility index (Phi) is 7.42. The number of benzene rings is 1. The van der Waals surface area contributed by atoms with Crippen molar-refractivity contribution >= 4 is 17.8 Å². The molecule has 0 atom stereocenters. The van der Waals surface area contributed by atoms with E-state index >= 15 is 0 Å². The zero-order valence-electron chi connectivity index (χ0n) is 14.7. The average Bonchev–Trinajstić information content (AvgIpc) is 2.48. The molecule has 1 rings (SSSR count). The standard InChI is InChI=1S/C18H25NO5/c1-14(20)19(12-17(22)24-18(2,3)4)11-10-16(21)23-13-15-8-6-5-7-9-15/h5-9H,10-13H2,1-4H3. The smallest absolute Gasteiger partial charge is 0.326 e. The summed E-state index contributed by atoms with van der Waals surface area (Å²) in [6, 6.07) is 9.32. The van der Waals surface area contributed by atoms with Gasteiger partial charge in [-0.2, -0.15) is 0 Å². The van der Waals surface area contributed by atoms with Gasteiger partial charge in [0.25, 0.3) is 0 Å². The van der Waals surface area contributed by atoms with Crippen molar-refractivity contribution in [2.75, 3.05) is 13.1 Å². The fourth-order valence-electron chi connectivity index (χ4n) is 1.91. The van der Waals surface area contributed by atoms with Crippen molar-refractivity contribution in [3.63, 3.8) is 0 Å². The maximum Gasteiger partial charge on any atom is 0.326 e. The van der Waals surface area contributed by atoms with Gasteiger partial charge in [0.05, 0.1) is 6.42 Å². The molecule has 6 heteroatoms. The van der Waals surface area contributed by atoms with E-state index in [-0.39, 0.29) is 32.0 Å². The molecular formula is C18H25NO5. The van der Waals surface area contributed by atoms with Gasteiger partial charge in [-0.25, -0.2) is 0 Å². The summed E-state index contributed by atoms with van der Waals surface area (Å²) < 4.78 is 10.3. The molecule has 0 aromatic heterocycles. The number of carbonyl (C=O) groups excluding carboxylic acids is 3. The minimum absolute atomic E-state index is 0.0230. The van der Waals surface area contributed by atoms with Crippen molar-refractivity contribution in [2.45, 2.75) is 46.3 Å². The van der Waals surface area contributed by atoms with Crippen LogP contribution in [0.5, 0.6) is 0 Å². The van der Waals surface area contributed by atoms with E-state index in [2.05, 4.69) is 0 Å². The van der Waals surface area contributed by atoms with E-state index in [1.54, 1.807) is 20.8 Å². The van der Waals surface area contributed by atoms with E-state index in [0.717, 1.165) is 5.56 Å². The van der Waals surface area contributed by atoms with Gasteiger partial charge in [-0.05, 0) is 26.3 Å². The van der Waals surface area contributed by atoms with E-state index in [0.29, 0.717) is 0 Å². The Balaban J connectivity index is 2.41. The first-order valence-corrected chi connectivity index (χ1v) is 7.84. The Morgan fingerprint density at radius 3 is 2.21 bits per heavy atom. The summed E-state index contributed by atoms with van der Waals surface area (Å²) in [5.41, 5.74) is 0.275. The Morgan fingerprint density at radius 1 is 1.04 bits per heavy atom. The van der Waals surface area contributed by atoms with Crippen LogP contribution in [0.25, 0.3) is 0 Å². The molecule has 0 bridgehead atoms. The molecule has 1 aromatic rings. The van der Waals surface area contributed by atoms with E-state index in [1.807, 2.05) is 30.3 Å². The molecule has 0 saturated heterocycles. The molecule has 0 heterocycles. The maximum absolute atomic E-state index is 11.8. The third-order valence-corrected chi connectivity index (χ3v) is 3.01. The number of hydrogen-bond acceptors (Lipinski definition) is 5. The Bertz CT molecular complexity index is 563. The number of hydrogen-bond donors (Lipinski definition) is 0. The monoisotopic (exact) mass is 335 g/mol. The second kappa shape index (κ2) is 9.05. The zero-order valence-corrected chi connectivity index (χ0v) is 14.7. The van der Waals surface area contributed by atoms with Gasteiger partial charge in [0.2, 0.25) is 5.91 Å². The molecule has 0 aliphatic heterocycles. The quantitative estimate of drug-likeness (QED) is 0.715. The molecule has 1 amide bonds. The average molecular weight is 335 g/mol. The first kappa shape index (κ1) is 19.7. The van der Waals surface area contributed by atoms with Crippen molar-refractivity contribution in [3.05, 3.63) is 35.9 Å². The first-order valence-electron chi connectivity index (χ1n) is 7.84. The second-order valence-electron chi connectivity index (χ2n) is 6.42. The van der Waals surface area contributed by atoms with Crippen LogP contribution < -0.4 is 0 Å². The topological polar surface area (TPSA) is 72.9 Å². The minimum atomic E-state index is -0.617. The SMILES string of the molecule is CC(=O)N(CCC(=O)OCc1ccccc1)CC(=O)OC(C)(C)C. The van der Waals surface area contributed by atoms with E-state index in [1.165, 1.54) is 11.8 Å². The molecule has 24 heavy (non-hydrogen) atoms. The molecule has 0 unspecified atom stereocenters. The van der Waals surface area contributed by atoms with Crippen LogP contribution >= 0.6 is 0 Å². The maximum atomic E-state index is 11.8. The Morgan fingerprint density at radius 2 is 1.67 bits per heavy atom. The summed E-state index contributed by atoms with van der Waals surface area (Å²) in [6.07, 6.45) is 0.0230. The summed E-state index contributed by atoms with van der Waals surface area (Å²) >= 11 is 0. The number of nitrogens with zero attached hydrogens (tertiary/aromatic N) is 1. The van der Waals surface area contributed by atoms with Gasteiger partial charge >= 0.3 is 11.9 Å². The fourth-order valence-corrected chi connectivity index (χ4v) is 1.91. The second-order valence-corrected chi connectivity index (χ2v) is 6.42. The van der Waals surface area contributed by atoms with Gasteiger partial charge in [-0.15, -0.1) is 0 Å². The van der Waals surface area contributed by atoms with Crippen LogP contribution in [0.1, 0.15) is 39.7 Å².